The normalized spacial score (nSPS) is 20.4. The number of pyridine rings is 1. The van der Waals surface area contributed by atoms with Crippen LogP contribution in [0.3, 0.4) is 0 Å². The van der Waals surface area contributed by atoms with Crippen LogP contribution in [0.5, 0.6) is 5.88 Å². The quantitative estimate of drug-likeness (QED) is 0.859. The molecule has 1 N–H and O–H groups in total. The van der Waals surface area contributed by atoms with Crippen LogP contribution in [-0.4, -0.2) is 51.3 Å². The summed E-state index contributed by atoms with van der Waals surface area (Å²) < 4.78 is 8.27. The van der Waals surface area contributed by atoms with E-state index in [9.17, 15) is 9.90 Å². The minimum atomic E-state index is -0.237. The van der Waals surface area contributed by atoms with E-state index in [1.165, 1.54) is 10.9 Å². The van der Waals surface area contributed by atoms with Crippen molar-refractivity contribution in [2.24, 2.45) is 18.4 Å². The summed E-state index contributed by atoms with van der Waals surface area (Å²) in [5.74, 6) is 0.593. The van der Waals surface area contributed by atoms with Gasteiger partial charge in [-0.2, -0.15) is 4.98 Å². The first-order chi connectivity index (χ1) is 13.4. The minimum absolute atomic E-state index is 0.0490. The molecule has 0 bridgehead atoms. The first-order valence-corrected chi connectivity index (χ1v) is 10.4. The van der Waals surface area contributed by atoms with Crippen LogP contribution in [0.15, 0.2) is 18.3 Å². The Balaban J connectivity index is 1.33. The van der Waals surface area contributed by atoms with Crippen LogP contribution in [0, 0.1) is 18.3 Å². The number of fused-ring (bicyclic) bond motifs is 1. The third-order valence-electron chi connectivity index (χ3n) is 6.73. The van der Waals surface area contributed by atoms with Crippen molar-refractivity contribution in [2.75, 3.05) is 19.7 Å². The van der Waals surface area contributed by atoms with E-state index in [2.05, 4.69) is 13.0 Å². The van der Waals surface area contributed by atoms with E-state index in [1.807, 2.05) is 35.7 Å². The van der Waals surface area contributed by atoms with E-state index >= 15 is 0 Å². The van der Waals surface area contributed by atoms with Crippen LogP contribution in [0.2, 0.25) is 0 Å². The fraction of sp³-hybridized carbons (Fsp3) is 0.636. The zero-order valence-electron chi connectivity index (χ0n) is 17.1. The molecule has 0 unspecified atom stereocenters. The number of carbonyl (C=O) groups is 1. The zero-order valence-corrected chi connectivity index (χ0v) is 17.1. The van der Waals surface area contributed by atoms with E-state index < -0.39 is 0 Å². The van der Waals surface area contributed by atoms with Gasteiger partial charge in [-0.15, -0.1) is 0 Å². The molecule has 1 aliphatic carbocycles. The average molecular weight is 386 g/mol. The Labute approximate surface area is 166 Å². The maximum Gasteiger partial charge on any atom is 0.228 e. The number of ether oxygens (including phenoxy) is 1. The van der Waals surface area contributed by atoms with Gasteiger partial charge in [0.05, 0.1) is 12.5 Å². The molecule has 1 aliphatic heterocycles. The number of aryl methyl sites for hydroxylation is 2. The number of amides is 1. The Hall–Kier alpha value is -2.08. The van der Waals surface area contributed by atoms with Crippen molar-refractivity contribution in [3.05, 3.63) is 23.9 Å². The zero-order chi connectivity index (χ0) is 19.9. The lowest BCUT2D eigenvalue weighted by Gasteiger charge is -2.54. The minimum Gasteiger partial charge on any atom is -0.474 e. The number of rotatable bonds is 5. The fourth-order valence-electron chi connectivity index (χ4n) is 4.80. The van der Waals surface area contributed by atoms with E-state index in [-0.39, 0.29) is 30.0 Å². The number of hydrogen-bond donors (Lipinski definition) is 1. The van der Waals surface area contributed by atoms with Gasteiger partial charge in [-0.25, -0.2) is 0 Å². The second kappa shape index (κ2) is 7.39. The Morgan fingerprint density at radius 3 is 2.75 bits per heavy atom. The van der Waals surface area contributed by atoms with Crippen LogP contribution in [0.25, 0.3) is 11.0 Å². The lowest BCUT2D eigenvalue weighted by molar-refractivity contribution is -0.152. The van der Waals surface area contributed by atoms with Gasteiger partial charge in [0.15, 0.2) is 0 Å². The third kappa shape index (κ3) is 3.39. The third-order valence-corrected chi connectivity index (χ3v) is 6.73. The summed E-state index contributed by atoms with van der Waals surface area (Å²) in [6.45, 7) is 5.68. The predicted molar refractivity (Wildman–Crippen MR) is 108 cm³/mol. The fourth-order valence-corrected chi connectivity index (χ4v) is 4.80. The molecule has 3 heterocycles. The Kier molecular flexibility index (Phi) is 5.08. The predicted octanol–water partition coefficient (Wildman–Crippen LogP) is 3.05. The number of carbonyl (C=O) groups excluding carboxylic acids is 1. The molecule has 4 rings (SSSR count). The van der Waals surface area contributed by atoms with Gasteiger partial charge in [0, 0.05) is 43.2 Å². The van der Waals surface area contributed by atoms with Gasteiger partial charge in [0.2, 0.25) is 11.8 Å². The van der Waals surface area contributed by atoms with Crippen molar-refractivity contribution in [3.63, 3.8) is 0 Å². The number of likely N-dealkylation sites (tertiary alicyclic amines) is 1. The lowest BCUT2D eigenvalue weighted by Crippen LogP contribution is -2.61. The molecule has 1 saturated carbocycles. The summed E-state index contributed by atoms with van der Waals surface area (Å²) in [6.07, 6.45) is 7.11. The molecule has 0 radical (unpaired) electrons. The van der Waals surface area contributed by atoms with Crippen LogP contribution in [0.1, 0.15) is 44.6 Å². The summed E-state index contributed by atoms with van der Waals surface area (Å²) >= 11 is 0. The molecular formula is C22H31N3O3. The highest BCUT2D eigenvalue weighted by Gasteiger charge is 2.48. The number of aromatic nitrogens is 2. The van der Waals surface area contributed by atoms with E-state index in [0.717, 1.165) is 44.4 Å². The average Bonchev–Trinajstić information content (AvgIpc) is 3.03. The maximum absolute atomic E-state index is 12.4. The Bertz CT molecular complexity index is 855. The van der Waals surface area contributed by atoms with Crippen LogP contribution in [-0.2, 0) is 11.8 Å². The standard InChI is InChI=1S/C22H31N3O3/c1-4-16(12-26)21(27)25-13-22(14-25)8-5-17(6-9-22)28-19-11-15(2)18-7-10-24(3)20(18)23-19/h7,10-11,16-17,26H,4-6,8-9,12-14H2,1-3H3/t16-/m1/s1. The molecule has 2 aliphatic rings. The van der Waals surface area contributed by atoms with Gasteiger partial charge < -0.3 is 19.3 Å². The Morgan fingerprint density at radius 2 is 2.11 bits per heavy atom. The van der Waals surface area contributed by atoms with E-state index in [0.29, 0.717) is 12.3 Å². The molecule has 1 spiro atoms. The highest BCUT2D eigenvalue weighted by atomic mass is 16.5. The second-order valence-electron chi connectivity index (χ2n) is 8.74. The lowest BCUT2D eigenvalue weighted by atomic mass is 9.67. The Morgan fingerprint density at radius 1 is 1.39 bits per heavy atom. The van der Waals surface area contributed by atoms with Crippen LogP contribution in [0.4, 0.5) is 0 Å². The molecule has 2 aromatic heterocycles. The molecule has 6 heteroatoms. The maximum atomic E-state index is 12.4. The molecular weight excluding hydrogens is 354 g/mol. The van der Waals surface area contributed by atoms with Gasteiger partial charge in [-0.1, -0.05) is 6.92 Å². The topological polar surface area (TPSA) is 67.6 Å². The molecule has 28 heavy (non-hydrogen) atoms. The molecule has 2 aromatic rings. The highest BCUT2D eigenvalue weighted by molar-refractivity contribution is 5.81. The summed E-state index contributed by atoms with van der Waals surface area (Å²) in [6, 6.07) is 4.13. The van der Waals surface area contributed by atoms with E-state index in [1.54, 1.807) is 0 Å². The number of aliphatic hydroxyl groups excluding tert-OH is 1. The van der Waals surface area contributed by atoms with Gasteiger partial charge in [0.25, 0.3) is 0 Å². The molecule has 1 saturated heterocycles. The van der Waals surface area contributed by atoms with Crippen molar-refractivity contribution in [1.29, 1.82) is 0 Å². The number of hydrogen-bond acceptors (Lipinski definition) is 4. The summed E-state index contributed by atoms with van der Waals surface area (Å²) in [7, 11) is 2.01. The van der Waals surface area contributed by atoms with Crippen molar-refractivity contribution < 1.29 is 14.6 Å². The molecule has 0 aromatic carbocycles. The summed E-state index contributed by atoms with van der Waals surface area (Å²) in [5, 5.41) is 10.5. The molecule has 6 nitrogen and oxygen atoms in total. The molecule has 1 amide bonds. The van der Waals surface area contributed by atoms with Gasteiger partial charge in [-0.3, -0.25) is 4.79 Å². The van der Waals surface area contributed by atoms with Crippen LogP contribution >= 0.6 is 0 Å². The second-order valence-corrected chi connectivity index (χ2v) is 8.74. The highest BCUT2D eigenvalue weighted by Crippen LogP contribution is 2.45. The van der Waals surface area contributed by atoms with E-state index in [4.69, 9.17) is 9.72 Å². The molecule has 2 fully saturated rings. The van der Waals surface area contributed by atoms with Crippen molar-refractivity contribution in [1.82, 2.24) is 14.5 Å². The summed E-state index contributed by atoms with van der Waals surface area (Å²) in [5.41, 5.74) is 2.41. The molecule has 152 valence electrons. The van der Waals surface area contributed by atoms with Gasteiger partial charge in [-0.05, 0) is 50.7 Å². The SMILES string of the molecule is CC[C@H](CO)C(=O)N1CC2(CCC(Oc3cc(C)c4ccn(C)c4n3)CC2)C1. The smallest absolute Gasteiger partial charge is 0.228 e. The van der Waals surface area contributed by atoms with Crippen molar-refractivity contribution >= 4 is 16.9 Å². The van der Waals surface area contributed by atoms with Crippen LogP contribution < -0.4 is 4.74 Å². The summed E-state index contributed by atoms with van der Waals surface area (Å²) in [4.78, 5) is 19.0. The van der Waals surface area contributed by atoms with Crippen molar-refractivity contribution in [3.8, 4) is 5.88 Å². The van der Waals surface area contributed by atoms with Gasteiger partial charge >= 0.3 is 0 Å². The largest absolute Gasteiger partial charge is 0.474 e. The first-order valence-electron chi connectivity index (χ1n) is 10.4. The first kappa shape index (κ1) is 19.2. The number of aliphatic hydroxyl groups is 1. The molecule has 1 atom stereocenters. The number of nitrogens with zero attached hydrogens (tertiary/aromatic N) is 3. The van der Waals surface area contributed by atoms with Crippen molar-refractivity contribution in [2.45, 2.75) is 52.1 Å². The monoisotopic (exact) mass is 385 g/mol. The van der Waals surface area contributed by atoms with Gasteiger partial charge in [0.1, 0.15) is 11.8 Å².